The van der Waals surface area contributed by atoms with Crippen molar-refractivity contribution in [3.63, 3.8) is 0 Å². The van der Waals surface area contributed by atoms with Crippen LogP contribution in [0.3, 0.4) is 0 Å². The number of nitriles is 1. The van der Waals surface area contributed by atoms with Crippen LogP contribution in [0.15, 0.2) is 12.3 Å². The highest BCUT2D eigenvalue weighted by atomic mass is 16.7. The summed E-state index contributed by atoms with van der Waals surface area (Å²) in [5.41, 5.74) is 2.45. The topological polar surface area (TPSA) is 108 Å². The second-order valence-corrected chi connectivity index (χ2v) is 2.19. The molecule has 14 heavy (non-hydrogen) atoms. The maximum atomic E-state index is 10.1. The predicted octanol–water partition coefficient (Wildman–Crippen LogP) is -0.224. The molecule has 0 atom stereocenters. The summed E-state index contributed by atoms with van der Waals surface area (Å²) in [7, 11) is 0. The molecule has 1 aromatic rings. The molecular formula is C7H6N4O3. The number of hydrogen-bond acceptors (Lipinski definition) is 6. The minimum Gasteiger partial charge on any atom is -0.479 e. The zero-order chi connectivity index (χ0) is 10.4. The van der Waals surface area contributed by atoms with Crippen LogP contribution in [0.2, 0.25) is 0 Å². The minimum atomic E-state index is -1.13. The van der Waals surface area contributed by atoms with Crippen LogP contribution >= 0.6 is 0 Å². The van der Waals surface area contributed by atoms with Crippen LogP contribution in [-0.2, 0) is 9.63 Å². The largest absolute Gasteiger partial charge is 0.479 e. The Hall–Kier alpha value is -2.20. The van der Waals surface area contributed by atoms with Gasteiger partial charge in [-0.25, -0.2) is 10.3 Å². The molecule has 7 nitrogen and oxygen atoms in total. The lowest BCUT2D eigenvalue weighted by Gasteiger charge is -2.03. The Morgan fingerprint density at radius 2 is 2.57 bits per heavy atom. The summed E-state index contributed by atoms with van der Waals surface area (Å²) in [4.78, 5) is 14.6. The predicted molar refractivity (Wildman–Crippen MR) is 44.0 cm³/mol. The van der Waals surface area contributed by atoms with Crippen LogP contribution in [0.5, 0.6) is 0 Å². The Kier molecular flexibility index (Phi) is 3.34. The molecular weight excluding hydrogens is 188 g/mol. The highest BCUT2D eigenvalue weighted by molar-refractivity contribution is 5.68. The van der Waals surface area contributed by atoms with Gasteiger partial charge in [0.1, 0.15) is 6.07 Å². The molecule has 0 fully saturated rings. The fourth-order valence-corrected chi connectivity index (χ4v) is 0.664. The molecule has 2 N–H and O–H groups in total. The molecule has 0 aliphatic rings. The van der Waals surface area contributed by atoms with Crippen molar-refractivity contribution in [2.24, 2.45) is 0 Å². The van der Waals surface area contributed by atoms with Crippen LogP contribution in [-0.4, -0.2) is 27.9 Å². The van der Waals surface area contributed by atoms with Gasteiger partial charge in [0.15, 0.2) is 12.4 Å². The van der Waals surface area contributed by atoms with Crippen molar-refractivity contribution in [3.8, 4) is 6.07 Å². The van der Waals surface area contributed by atoms with Crippen LogP contribution in [0.25, 0.3) is 0 Å². The smallest absolute Gasteiger partial charge is 0.332 e. The van der Waals surface area contributed by atoms with Crippen LogP contribution in [0.1, 0.15) is 5.56 Å². The van der Waals surface area contributed by atoms with E-state index in [1.807, 2.05) is 6.07 Å². The third-order valence-corrected chi connectivity index (χ3v) is 1.21. The number of hydrogen-bond donors (Lipinski definition) is 2. The Morgan fingerprint density at radius 3 is 3.21 bits per heavy atom. The van der Waals surface area contributed by atoms with Gasteiger partial charge in [-0.3, -0.25) is 4.84 Å². The van der Waals surface area contributed by atoms with Crippen LogP contribution in [0, 0.1) is 11.3 Å². The Bertz CT molecular complexity index is 373. The number of nitrogens with zero attached hydrogens (tertiary/aromatic N) is 3. The number of aromatic nitrogens is 2. The molecule has 0 amide bonds. The third kappa shape index (κ3) is 2.69. The Morgan fingerprint density at radius 1 is 1.79 bits per heavy atom. The minimum absolute atomic E-state index is 0.0938. The molecule has 1 aromatic heterocycles. The third-order valence-electron chi connectivity index (χ3n) is 1.21. The van der Waals surface area contributed by atoms with Crippen molar-refractivity contribution >= 4 is 11.8 Å². The molecule has 72 valence electrons. The Labute approximate surface area is 78.9 Å². The maximum absolute atomic E-state index is 10.1. The van der Waals surface area contributed by atoms with Gasteiger partial charge in [0.05, 0.1) is 11.8 Å². The second-order valence-electron chi connectivity index (χ2n) is 2.19. The first-order chi connectivity index (χ1) is 6.74. The normalized spacial score (nSPS) is 9.07. The van der Waals surface area contributed by atoms with E-state index in [9.17, 15) is 4.79 Å². The molecule has 0 aliphatic heterocycles. The van der Waals surface area contributed by atoms with E-state index in [0.29, 0.717) is 0 Å². The van der Waals surface area contributed by atoms with Crippen molar-refractivity contribution in [2.75, 3.05) is 12.1 Å². The fourth-order valence-electron chi connectivity index (χ4n) is 0.664. The molecule has 7 heteroatoms. The van der Waals surface area contributed by atoms with Gasteiger partial charge in [-0.15, -0.1) is 5.10 Å². The van der Waals surface area contributed by atoms with Gasteiger partial charge < -0.3 is 5.11 Å². The van der Waals surface area contributed by atoms with E-state index in [4.69, 9.17) is 10.4 Å². The number of aliphatic carboxylic acids is 1. The molecule has 0 unspecified atom stereocenters. The first-order valence-electron chi connectivity index (χ1n) is 3.55. The second kappa shape index (κ2) is 4.74. The quantitative estimate of drug-likeness (QED) is 0.637. The summed E-state index contributed by atoms with van der Waals surface area (Å²) in [5.74, 6) is -1.03. The number of carboxylic acids is 1. The molecule has 0 bridgehead atoms. The number of nitrogens with one attached hydrogen (secondary N) is 1. The highest BCUT2D eigenvalue weighted by Crippen LogP contribution is 2.07. The fraction of sp³-hybridized carbons (Fsp3) is 0.143. The SMILES string of the molecule is N#Cc1ccnnc1NOCC(=O)O. The summed E-state index contributed by atoms with van der Waals surface area (Å²) < 4.78 is 0. The number of carboxylic acid groups (broad SMARTS) is 1. The Balaban J connectivity index is 2.59. The van der Waals surface area contributed by atoms with Gasteiger partial charge in [0, 0.05) is 0 Å². The van der Waals surface area contributed by atoms with E-state index in [2.05, 4.69) is 20.5 Å². The average Bonchev–Trinajstić information content (AvgIpc) is 2.18. The zero-order valence-electron chi connectivity index (χ0n) is 6.97. The monoisotopic (exact) mass is 194 g/mol. The van der Waals surface area contributed by atoms with Crippen LogP contribution < -0.4 is 5.48 Å². The van der Waals surface area contributed by atoms with Gasteiger partial charge in [-0.1, -0.05) is 0 Å². The van der Waals surface area contributed by atoms with E-state index in [1.54, 1.807) is 0 Å². The molecule has 0 aromatic carbocycles. The van der Waals surface area contributed by atoms with Crippen molar-refractivity contribution in [1.29, 1.82) is 5.26 Å². The summed E-state index contributed by atoms with van der Waals surface area (Å²) in [6.07, 6.45) is 1.35. The van der Waals surface area contributed by atoms with E-state index in [0.717, 1.165) is 0 Å². The van der Waals surface area contributed by atoms with E-state index in [1.165, 1.54) is 12.3 Å². The first-order valence-corrected chi connectivity index (χ1v) is 3.55. The van der Waals surface area contributed by atoms with Gasteiger partial charge in [-0.2, -0.15) is 10.4 Å². The molecule has 0 spiro atoms. The average molecular weight is 194 g/mol. The van der Waals surface area contributed by atoms with E-state index in [-0.39, 0.29) is 11.4 Å². The maximum Gasteiger partial charge on any atom is 0.332 e. The van der Waals surface area contributed by atoms with Crippen molar-refractivity contribution in [3.05, 3.63) is 17.8 Å². The van der Waals surface area contributed by atoms with Gasteiger partial charge in [0.2, 0.25) is 0 Å². The van der Waals surface area contributed by atoms with Gasteiger partial charge in [-0.05, 0) is 6.07 Å². The number of rotatable bonds is 4. The molecule has 1 rings (SSSR count). The lowest BCUT2D eigenvalue weighted by atomic mass is 10.3. The zero-order valence-corrected chi connectivity index (χ0v) is 6.97. The summed E-state index contributed by atoms with van der Waals surface area (Å²) in [6, 6.07) is 3.27. The first kappa shape index (κ1) is 9.88. The van der Waals surface area contributed by atoms with Gasteiger partial charge >= 0.3 is 5.97 Å². The lowest BCUT2D eigenvalue weighted by Crippen LogP contribution is -2.13. The summed E-state index contributed by atoms with van der Waals surface area (Å²) in [5, 5.41) is 23.9. The molecule has 1 heterocycles. The number of anilines is 1. The van der Waals surface area contributed by atoms with Gasteiger partial charge in [0.25, 0.3) is 0 Å². The highest BCUT2D eigenvalue weighted by Gasteiger charge is 2.03. The molecule has 0 aliphatic carbocycles. The van der Waals surface area contributed by atoms with Crippen LogP contribution in [0.4, 0.5) is 5.82 Å². The standard InChI is InChI=1S/C7H6N4O3/c8-3-5-1-2-9-10-7(5)11-14-4-6(12)13/h1-2H,4H2,(H,10,11)(H,12,13). The van der Waals surface area contributed by atoms with E-state index >= 15 is 0 Å². The van der Waals surface area contributed by atoms with E-state index < -0.39 is 12.6 Å². The molecule has 0 saturated carbocycles. The molecule has 0 saturated heterocycles. The number of carbonyl (C=O) groups is 1. The summed E-state index contributed by atoms with van der Waals surface area (Å²) >= 11 is 0. The molecule has 0 radical (unpaired) electrons. The summed E-state index contributed by atoms with van der Waals surface area (Å²) in [6.45, 7) is -0.526. The lowest BCUT2D eigenvalue weighted by molar-refractivity contribution is -0.141. The van der Waals surface area contributed by atoms with Crippen molar-refractivity contribution < 1.29 is 14.7 Å². The van der Waals surface area contributed by atoms with Crippen molar-refractivity contribution in [1.82, 2.24) is 10.2 Å². The van der Waals surface area contributed by atoms with Crippen molar-refractivity contribution in [2.45, 2.75) is 0 Å².